The molecule has 8 heteroatoms. The molecule has 0 aliphatic carbocycles. The molecule has 1 aliphatic rings. The Morgan fingerprint density at radius 3 is 2.20 bits per heavy atom. The number of guanidine groups is 1. The van der Waals surface area contributed by atoms with Crippen LogP contribution in [0.15, 0.2) is 53.5 Å². The van der Waals surface area contributed by atoms with E-state index < -0.39 is 0 Å². The fraction of sp³-hybridized carbons (Fsp3) is 0.409. The van der Waals surface area contributed by atoms with Crippen LogP contribution in [0.4, 0.5) is 8.78 Å². The van der Waals surface area contributed by atoms with E-state index in [-0.39, 0.29) is 41.7 Å². The maximum atomic E-state index is 13.4. The van der Waals surface area contributed by atoms with Crippen molar-refractivity contribution in [3.05, 3.63) is 71.3 Å². The number of benzene rings is 2. The van der Waals surface area contributed by atoms with Gasteiger partial charge in [-0.3, -0.25) is 9.89 Å². The van der Waals surface area contributed by atoms with Gasteiger partial charge in [0.2, 0.25) is 0 Å². The SMILES string of the molecule is CN=C(NCCc1ccc(F)cc1)NCC(c1ccc(F)cc1)N1CCOCC1.I. The van der Waals surface area contributed by atoms with Gasteiger partial charge >= 0.3 is 0 Å². The van der Waals surface area contributed by atoms with Crippen molar-refractivity contribution < 1.29 is 13.5 Å². The molecule has 164 valence electrons. The van der Waals surface area contributed by atoms with E-state index in [1.165, 1.54) is 24.3 Å². The maximum Gasteiger partial charge on any atom is 0.191 e. The van der Waals surface area contributed by atoms with Crippen molar-refractivity contribution in [2.75, 3.05) is 46.4 Å². The van der Waals surface area contributed by atoms with Gasteiger partial charge in [-0.05, 0) is 41.8 Å². The van der Waals surface area contributed by atoms with E-state index in [4.69, 9.17) is 4.74 Å². The lowest BCUT2D eigenvalue weighted by Crippen LogP contribution is -2.46. The van der Waals surface area contributed by atoms with Gasteiger partial charge < -0.3 is 15.4 Å². The van der Waals surface area contributed by atoms with E-state index in [1.54, 1.807) is 19.2 Å². The lowest BCUT2D eigenvalue weighted by Gasteiger charge is -2.35. The number of ether oxygens (including phenoxy) is 1. The van der Waals surface area contributed by atoms with Crippen LogP contribution >= 0.6 is 24.0 Å². The molecule has 1 unspecified atom stereocenters. The highest BCUT2D eigenvalue weighted by Crippen LogP contribution is 2.21. The molecule has 0 spiro atoms. The van der Waals surface area contributed by atoms with Gasteiger partial charge in [0.15, 0.2) is 5.96 Å². The fourth-order valence-corrected chi connectivity index (χ4v) is 3.42. The molecule has 0 aromatic heterocycles. The molecule has 0 amide bonds. The first-order valence-electron chi connectivity index (χ1n) is 9.92. The molecule has 2 aromatic carbocycles. The first-order valence-corrected chi connectivity index (χ1v) is 9.92. The van der Waals surface area contributed by atoms with Crippen LogP contribution in [-0.2, 0) is 11.2 Å². The summed E-state index contributed by atoms with van der Waals surface area (Å²) in [5.41, 5.74) is 2.12. The van der Waals surface area contributed by atoms with Crippen molar-refractivity contribution in [3.8, 4) is 0 Å². The van der Waals surface area contributed by atoms with Gasteiger partial charge in [0.25, 0.3) is 0 Å². The van der Waals surface area contributed by atoms with Gasteiger partial charge in [0, 0.05) is 33.2 Å². The van der Waals surface area contributed by atoms with Gasteiger partial charge in [0.1, 0.15) is 11.6 Å². The molecule has 1 atom stereocenters. The quantitative estimate of drug-likeness (QED) is 0.328. The first kappa shape index (κ1) is 24.5. The minimum atomic E-state index is -0.235. The van der Waals surface area contributed by atoms with Crippen molar-refractivity contribution in [3.63, 3.8) is 0 Å². The number of aliphatic imine (C=N–C) groups is 1. The lowest BCUT2D eigenvalue weighted by molar-refractivity contribution is 0.0170. The highest BCUT2D eigenvalue weighted by Gasteiger charge is 2.23. The molecule has 1 aliphatic heterocycles. The van der Waals surface area contributed by atoms with Crippen LogP contribution in [-0.4, -0.2) is 57.3 Å². The van der Waals surface area contributed by atoms with Crippen LogP contribution in [0.2, 0.25) is 0 Å². The van der Waals surface area contributed by atoms with E-state index in [2.05, 4.69) is 20.5 Å². The molecule has 0 saturated carbocycles. The predicted octanol–water partition coefficient (Wildman–Crippen LogP) is 3.36. The fourth-order valence-electron chi connectivity index (χ4n) is 3.42. The number of nitrogens with one attached hydrogen (secondary N) is 2. The van der Waals surface area contributed by atoms with Crippen LogP contribution in [0.25, 0.3) is 0 Å². The number of nitrogens with zero attached hydrogens (tertiary/aromatic N) is 2. The molecule has 30 heavy (non-hydrogen) atoms. The molecular formula is C22H29F2IN4O. The van der Waals surface area contributed by atoms with Crippen molar-refractivity contribution in [1.29, 1.82) is 0 Å². The molecular weight excluding hydrogens is 501 g/mol. The zero-order valence-corrected chi connectivity index (χ0v) is 19.4. The number of morpholine rings is 1. The summed E-state index contributed by atoms with van der Waals surface area (Å²) in [6.45, 7) is 4.39. The Morgan fingerprint density at radius 1 is 1.00 bits per heavy atom. The van der Waals surface area contributed by atoms with E-state index in [0.29, 0.717) is 32.3 Å². The van der Waals surface area contributed by atoms with Crippen LogP contribution in [0, 0.1) is 11.6 Å². The summed E-state index contributed by atoms with van der Waals surface area (Å²) in [5.74, 6) is 0.238. The van der Waals surface area contributed by atoms with Crippen LogP contribution in [0.5, 0.6) is 0 Å². The van der Waals surface area contributed by atoms with Gasteiger partial charge in [-0.2, -0.15) is 0 Å². The summed E-state index contributed by atoms with van der Waals surface area (Å²) in [6.07, 6.45) is 0.770. The highest BCUT2D eigenvalue weighted by atomic mass is 127. The lowest BCUT2D eigenvalue weighted by atomic mass is 10.0. The molecule has 2 aromatic rings. The smallest absolute Gasteiger partial charge is 0.191 e. The second-order valence-corrected chi connectivity index (χ2v) is 6.97. The number of hydrogen-bond donors (Lipinski definition) is 2. The highest BCUT2D eigenvalue weighted by molar-refractivity contribution is 14.0. The van der Waals surface area contributed by atoms with E-state index >= 15 is 0 Å². The van der Waals surface area contributed by atoms with Crippen LogP contribution in [0.1, 0.15) is 17.2 Å². The minimum absolute atomic E-state index is 0. The summed E-state index contributed by atoms with van der Waals surface area (Å²) < 4.78 is 31.8. The van der Waals surface area contributed by atoms with E-state index in [1.807, 2.05) is 12.1 Å². The zero-order chi connectivity index (χ0) is 20.5. The third kappa shape index (κ3) is 7.48. The normalized spacial score (nSPS) is 15.9. The Hall–Kier alpha value is -1.78. The second kappa shape index (κ2) is 12.8. The summed E-state index contributed by atoms with van der Waals surface area (Å²) in [6, 6.07) is 13.3. The molecule has 2 N–H and O–H groups in total. The monoisotopic (exact) mass is 530 g/mol. The summed E-state index contributed by atoms with van der Waals surface area (Å²) in [4.78, 5) is 6.63. The Bertz CT molecular complexity index is 781. The average Bonchev–Trinajstić information content (AvgIpc) is 2.76. The van der Waals surface area contributed by atoms with Crippen molar-refractivity contribution in [2.24, 2.45) is 4.99 Å². The van der Waals surface area contributed by atoms with Crippen LogP contribution < -0.4 is 10.6 Å². The summed E-state index contributed by atoms with van der Waals surface area (Å²) in [7, 11) is 1.73. The molecule has 3 rings (SSSR count). The third-order valence-electron chi connectivity index (χ3n) is 5.05. The van der Waals surface area contributed by atoms with Crippen LogP contribution in [0.3, 0.4) is 0 Å². The van der Waals surface area contributed by atoms with Gasteiger partial charge in [0.05, 0.1) is 19.3 Å². The predicted molar refractivity (Wildman–Crippen MR) is 126 cm³/mol. The number of hydrogen-bond acceptors (Lipinski definition) is 3. The van der Waals surface area contributed by atoms with Gasteiger partial charge in [-0.25, -0.2) is 8.78 Å². The Balaban J connectivity index is 0.00000320. The first-order chi connectivity index (χ1) is 14.2. The topological polar surface area (TPSA) is 48.9 Å². The number of rotatable bonds is 7. The molecule has 1 saturated heterocycles. The number of halogens is 3. The third-order valence-corrected chi connectivity index (χ3v) is 5.05. The maximum absolute atomic E-state index is 13.4. The standard InChI is InChI=1S/C22H28F2N4O.HI/c1-25-22(26-11-10-17-2-6-19(23)7-3-17)27-16-21(28-12-14-29-15-13-28)18-4-8-20(24)9-5-18;/h2-9,21H,10-16H2,1H3,(H2,25,26,27);1H. The molecule has 0 bridgehead atoms. The molecule has 5 nitrogen and oxygen atoms in total. The van der Waals surface area contributed by atoms with E-state index in [0.717, 1.165) is 30.6 Å². The molecule has 1 heterocycles. The van der Waals surface area contributed by atoms with Crippen molar-refractivity contribution >= 4 is 29.9 Å². The molecule has 1 fully saturated rings. The second-order valence-electron chi connectivity index (χ2n) is 6.97. The largest absolute Gasteiger partial charge is 0.379 e. The average molecular weight is 530 g/mol. The van der Waals surface area contributed by atoms with Crippen molar-refractivity contribution in [1.82, 2.24) is 15.5 Å². The summed E-state index contributed by atoms with van der Waals surface area (Å²) >= 11 is 0. The summed E-state index contributed by atoms with van der Waals surface area (Å²) in [5, 5.41) is 6.67. The molecule has 0 radical (unpaired) electrons. The Labute approximate surface area is 193 Å². The van der Waals surface area contributed by atoms with Crippen molar-refractivity contribution in [2.45, 2.75) is 12.5 Å². The van der Waals surface area contributed by atoms with E-state index in [9.17, 15) is 8.78 Å². The Morgan fingerprint density at radius 2 is 1.60 bits per heavy atom. The van der Waals surface area contributed by atoms with Gasteiger partial charge in [-0.1, -0.05) is 24.3 Å². The zero-order valence-electron chi connectivity index (χ0n) is 17.1. The Kier molecular flexibility index (Phi) is 10.5. The minimum Gasteiger partial charge on any atom is -0.379 e. The van der Waals surface area contributed by atoms with Gasteiger partial charge in [-0.15, -0.1) is 24.0 Å².